The Hall–Kier alpha value is -2.12. The molecule has 21 heavy (non-hydrogen) atoms. The van der Waals surface area contributed by atoms with E-state index in [0.717, 1.165) is 16.5 Å². The van der Waals surface area contributed by atoms with Gasteiger partial charge in [-0.25, -0.2) is 0 Å². The summed E-state index contributed by atoms with van der Waals surface area (Å²) < 4.78 is 0.757. The first-order valence-corrected chi connectivity index (χ1v) is 7.30. The van der Waals surface area contributed by atoms with Crippen molar-refractivity contribution < 1.29 is 4.48 Å². The van der Waals surface area contributed by atoms with Crippen molar-refractivity contribution in [3.8, 4) is 0 Å². The van der Waals surface area contributed by atoms with Crippen LogP contribution in [0.15, 0.2) is 74.0 Å². The Bertz CT molecular complexity index is 593. The predicted molar refractivity (Wildman–Crippen MR) is 91.7 cm³/mol. The average molecular weight is 278 g/mol. The third-order valence-electron chi connectivity index (χ3n) is 4.10. The van der Waals surface area contributed by atoms with Crippen LogP contribution in [-0.2, 0) is 6.42 Å². The van der Waals surface area contributed by atoms with Crippen LogP contribution < -0.4 is 0 Å². The van der Waals surface area contributed by atoms with Gasteiger partial charge in [0.2, 0.25) is 0 Å². The van der Waals surface area contributed by atoms with Gasteiger partial charge < -0.3 is 0 Å². The molecule has 0 amide bonds. The SMILES string of the molecule is C=Cc1ccc(CC(c2ccccc2)[N+](C)(C)C=C)cc1. The largest absolute Gasteiger partial charge is 0.296 e. The molecule has 2 rings (SSSR count). The number of hydrogen-bond donors (Lipinski definition) is 0. The summed E-state index contributed by atoms with van der Waals surface area (Å²) in [5.74, 6) is 0. The number of quaternary nitrogens is 1. The molecule has 0 aromatic heterocycles. The van der Waals surface area contributed by atoms with Crippen LogP contribution in [-0.4, -0.2) is 18.6 Å². The fraction of sp³-hybridized carbons (Fsp3) is 0.200. The summed E-state index contributed by atoms with van der Waals surface area (Å²) >= 11 is 0. The molecule has 1 atom stereocenters. The van der Waals surface area contributed by atoms with E-state index in [1.54, 1.807) is 0 Å². The van der Waals surface area contributed by atoms with Crippen molar-refractivity contribution in [1.29, 1.82) is 0 Å². The molecule has 1 unspecified atom stereocenters. The van der Waals surface area contributed by atoms with Crippen molar-refractivity contribution in [3.63, 3.8) is 0 Å². The monoisotopic (exact) mass is 278 g/mol. The molecule has 0 aliphatic rings. The van der Waals surface area contributed by atoms with E-state index in [2.05, 4.69) is 81.9 Å². The first-order valence-electron chi connectivity index (χ1n) is 7.30. The van der Waals surface area contributed by atoms with Gasteiger partial charge >= 0.3 is 0 Å². The van der Waals surface area contributed by atoms with Gasteiger partial charge in [0.25, 0.3) is 0 Å². The predicted octanol–water partition coefficient (Wildman–Crippen LogP) is 4.83. The first kappa shape index (κ1) is 15.3. The summed E-state index contributed by atoms with van der Waals surface area (Å²) in [5, 5.41) is 0. The lowest BCUT2D eigenvalue weighted by molar-refractivity contribution is -0.871. The van der Waals surface area contributed by atoms with Crippen LogP contribution in [0, 0.1) is 0 Å². The van der Waals surface area contributed by atoms with Gasteiger partial charge in [0.15, 0.2) is 0 Å². The minimum atomic E-state index is 0.360. The lowest BCUT2D eigenvalue weighted by Crippen LogP contribution is -2.38. The summed E-state index contributed by atoms with van der Waals surface area (Å²) in [6.07, 6.45) is 4.87. The zero-order valence-electron chi connectivity index (χ0n) is 13.0. The summed E-state index contributed by atoms with van der Waals surface area (Å²) in [6, 6.07) is 19.7. The molecule has 0 saturated heterocycles. The Balaban J connectivity index is 2.32. The summed E-state index contributed by atoms with van der Waals surface area (Å²) in [4.78, 5) is 0. The molecule has 0 radical (unpaired) electrons. The number of nitrogens with zero attached hydrogens (tertiary/aromatic N) is 1. The van der Waals surface area contributed by atoms with Crippen LogP contribution in [0.4, 0.5) is 0 Å². The lowest BCUT2D eigenvalue weighted by Gasteiger charge is -2.35. The summed E-state index contributed by atoms with van der Waals surface area (Å²) in [6.45, 7) is 7.81. The van der Waals surface area contributed by atoms with Gasteiger partial charge in [-0.1, -0.05) is 67.3 Å². The van der Waals surface area contributed by atoms with Crippen molar-refractivity contribution in [2.24, 2.45) is 0 Å². The molecule has 2 aromatic carbocycles. The molecular weight excluding hydrogens is 254 g/mol. The molecule has 0 heterocycles. The van der Waals surface area contributed by atoms with Crippen LogP contribution in [0.1, 0.15) is 22.7 Å². The van der Waals surface area contributed by atoms with Crippen LogP contribution in [0.3, 0.4) is 0 Å². The third-order valence-corrected chi connectivity index (χ3v) is 4.10. The van der Waals surface area contributed by atoms with E-state index in [0.29, 0.717) is 6.04 Å². The van der Waals surface area contributed by atoms with E-state index in [9.17, 15) is 0 Å². The van der Waals surface area contributed by atoms with Gasteiger partial charge in [-0.15, -0.1) is 0 Å². The minimum Gasteiger partial charge on any atom is -0.296 e. The van der Waals surface area contributed by atoms with Crippen molar-refractivity contribution >= 4 is 6.08 Å². The normalized spacial score (nSPS) is 12.7. The minimum absolute atomic E-state index is 0.360. The number of rotatable bonds is 6. The highest BCUT2D eigenvalue weighted by Gasteiger charge is 2.27. The van der Waals surface area contributed by atoms with Gasteiger partial charge in [0.05, 0.1) is 20.3 Å². The molecule has 0 bridgehead atoms. The maximum Gasteiger partial charge on any atom is 0.122 e. The van der Waals surface area contributed by atoms with Crippen LogP contribution in [0.2, 0.25) is 0 Å². The van der Waals surface area contributed by atoms with Crippen molar-refractivity contribution in [2.45, 2.75) is 12.5 Å². The Morgan fingerprint density at radius 2 is 1.57 bits per heavy atom. The molecule has 2 aromatic rings. The molecule has 0 aliphatic carbocycles. The van der Waals surface area contributed by atoms with E-state index in [1.807, 2.05) is 12.3 Å². The Morgan fingerprint density at radius 1 is 0.952 bits per heavy atom. The van der Waals surface area contributed by atoms with Gasteiger partial charge in [0, 0.05) is 12.0 Å². The quantitative estimate of drug-likeness (QED) is 0.664. The smallest absolute Gasteiger partial charge is 0.122 e. The highest BCUT2D eigenvalue weighted by molar-refractivity contribution is 5.47. The van der Waals surface area contributed by atoms with Crippen LogP contribution in [0.25, 0.3) is 6.08 Å². The Morgan fingerprint density at radius 3 is 2.10 bits per heavy atom. The fourth-order valence-corrected chi connectivity index (χ4v) is 2.55. The molecule has 0 aliphatic heterocycles. The van der Waals surface area contributed by atoms with Crippen molar-refractivity contribution in [3.05, 3.63) is 90.6 Å². The first-order chi connectivity index (χ1) is 10.1. The molecule has 0 fully saturated rings. The Kier molecular flexibility index (Phi) is 4.77. The van der Waals surface area contributed by atoms with E-state index in [4.69, 9.17) is 0 Å². The van der Waals surface area contributed by atoms with Gasteiger partial charge in [-0.2, -0.15) is 0 Å². The molecule has 1 nitrogen and oxygen atoms in total. The molecule has 0 saturated carbocycles. The Labute approximate surface area is 128 Å². The van der Waals surface area contributed by atoms with Crippen molar-refractivity contribution in [1.82, 2.24) is 0 Å². The molecule has 0 spiro atoms. The van der Waals surface area contributed by atoms with Crippen LogP contribution in [0.5, 0.6) is 0 Å². The number of likely N-dealkylation sites (N-methyl/N-ethyl adjacent to an activating group) is 1. The van der Waals surface area contributed by atoms with Gasteiger partial charge in [-0.3, -0.25) is 4.48 Å². The lowest BCUT2D eigenvalue weighted by atomic mass is 9.96. The standard InChI is InChI=1S/C20H24N/c1-5-17-12-14-18(15-13-17)16-20(21(3,4)6-2)19-10-8-7-9-11-19/h5-15,20H,1-2,16H2,3-4H3/q+1. The second-order valence-electron chi connectivity index (χ2n) is 5.89. The third kappa shape index (κ3) is 3.71. The molecule has 0 N–H and O–H groups in total. The summed E-state index contributed by atoms with van der Waals surface area (Å²) in [7, 11) is 4.39. The van der Waals surface area contributed by atoms with E-state index < -0.39 is 0 Å². The van der Waals surface area contributed by atoms with E-state index in [-0.39, 0.29) is 0 Å². The summed E-state index contributed by atoms with van der Waals surface area (Å²) in [5.41, 5.74) is 3.84. The molecule has 108 valence electrons. The number of benzene rings is 2. The second kappa shape index (κ2) is 6.55. The zero-order chi connectivity index (χ0) is 15.3. The highest BCUT2D eigenvalue weighted by Crippen LogP contribution is 2.29. The molecular formula is C20H24N+. The van der Waals surface area contributed by atoms with Gasteiger partial charge in [0.1, 0.15) is 6.04 Å². The maximum atomic E-state index is 4.01. The zero-order valence-corrected chi connectivity index (χ0v) is 13.0. The molecule has 1 heteroatoms. The average Bonchev–Trinajstić information content (AvgIpc) is 2.54. The van der Waals surface area contributed by atoms with Crippen molar-refractivity contribution in [2.75, 3.05) is 14.1 Å². The van der Waals surface area contributed by atoms with Gasteiger partial charge in [-0.05, 0) is 17.7 Å². The van der Waals surface area contributed by atoms with Crippen LogP contribution >= 0.6 is 0 Å². The number of hydrogen-bond acceptors (Lipinski definition) is 0. The van der Waals surface area contributed by atoms with E-state index >= 15 is 0 Å². The fourth-order valence-electron chi connectivity index (χ4n) is 2.55. The second-order valence-corrected chi connectivity index (χ2v) is 5.89. The highest BCUT2D eigenvalue weighted by atomic mass is 15.3. The maximum absolute atomic E-state index is 4.01. The topological polar surface area (TPSA) is 0 Å². The van der Waals surface area contributed by atoms with E-state index in [1.165, 1.54) is 11.1 Å².